The van der Waals surface area contributed by atoms with E-state index in [0.717, 1.165) is 5.69 Å². The summed E-state index contributed by atoms with van der Waals surface area (Å²) in [6.45, 7) is 2.30. The van der Waals surface area contributed by atoms with Crippen molar-refractivity contribution in [3.05, 3.63) is 30.1 Å². The second-order valence-corrected chi connectivity index (χ2v) is 3.39. The molecule has 2 N–H and O–H groups in total. The Morgan fingerprint density at radius 2 is 2.24 bits per heavy atom. The van der Waals surface area contributed by atoms with Gasteiger partial charge in [0.2, 0.25) is 0 Å². The molecule has 0 fully saturated rings. The highest BCUT2D eigenvalue weighted by atomic mass is 16.4. The number of nitrogens with one attached hydrogen (secondary N) is 1. The molecule has 2 amide bonds. The first kappa shape index (κ1) is 13.0. The third-order valence-electron chi connectivity index (χ3n) is 2.14. The van der Waals surface area contributed by atoms with Crippen molar-refractivity contribution < 1.29 is 14.7 Å². The summed E-state index contributed by atoms with van der Waals surface area (Å²) >= 11 is 0. The number of carbonyl (C=O) groups excluding carboxylic acids is 1. The highest BCUT2D eigenvalue weighted by molar-refractivity contribution is 5.79. The largest absolute Gasteiger partial charge is 0.480 e. The minimum absolute atomic E-state index is 0.364. The van der Waals surface area contributed by atoms with Crippen LogP contribution in [-0.4, -0.2) is 40.1 Å². The van der Waals surface area contributed by atoms with Crippen molar-refractivity contribution in [2.75, 3.05) is 13.1 Å². The molecular weight excluding hydrogens is 222 g/mol. The van der Waals surface area contributed by atoms with Crippen LogP contribution in [0.4, 0.5) is 4.79 Å². The lowest BCUT2D eigenvalue weighted by Gasteiger charge is -2.20. The van der Waals surface area contributed by atoms with Gasteiger partial charge in [-0.3, -0.25) is 9.78 Å². The summed E-state index contributed by atoms with van der Waals surface area (Å²) in [5, 5.41) is 10.8. The van der Waals surface area contributed by atoms with Crippen LogP contribution in [0, 0.1) is 0 Å². The lowest BCUT2D eigenvalue weighted by Crippen LogP contribution is -2.41. The Labute approximate surface area is 99.3 Å². The van der Waals surface area contributed by atoms with E-state index in [1.165, 1.54) is 4.90 Å². The molecule has 1 rings (SSSR count). The fourth-order valence-electron chi connectivity index (χ4n) is 1.28. The predicted molar refractivity (Wildman–Crippen MR) is 61.4 cm³/mol. The van der Waals surface area contributed by atoms with Gasteiger partial charge in [0.15, 0.2) is 0 Å². The Balaban J connectivity index is 2.53. The van der Waals surface area contributed by atoms with Crippen molar-refractivity contribution in [2.24, 2.45) is 0 Å². The normalized spacial score (nSPS) is 9.71. The van der Waals surface area contributed by atoms with Gasteiger partial charge in [-0.2, -0.15) is 0 Å². The number of urea groups is 1. The highest BCUT2D eigenvalue weighted by Crippen LogP contribution is 2.00. The van der Waals surface area contributed by atoms with Gasteiger partial charge < -0.3 is 15.3 Å². The zero-order valence-electron chi connectivity index (χ0n) is 9.59. The van der Waals surface area contributed by atoms with Crippen LogP contribution in [0.5, 0.6) is 0 Å². The molecule has 0 atom stereocenters. The van der Waals surface area contributed by atoms with Gasteiger partial charge in [-0.15, -0.1) is 0 Å². The van der Waals surface area contributed by atoms with Gasteiger partial charge in [0.1, 0.15) is 6.54 Å². The number of pyridine rings is 1. The van der Waals surface area contributed by atoms with Crippen LogP contribution in [0.3, 0.4) is 0 Å². The van der Waals surface area contributed by atoms with Gasteiger partial charge in [0, 0.05) is 12.7 Å². The summed E-state index contributed by atoms with van der Waals surface area (Å²) < 4.78 is 0. The number of hydrogen-bond acceptors (Lipinski definition) is 3. The molecule has 0 spiro atoms. The number of aromatic nitrogens is 1. The third kappa shape index (κ3) is 4.50. The van der Waals surface area contributed by atoms with Crippen LogP contribution in [-0.2, 0) is 11.3 Å². The van der Waals surface area contributed by atoms with Crippen LogP contribution in [0.2, 0.25) is 0 Å². The zero-order chi connectivity index (χ0) is 12.7. The number of nitrogens with zero attached hydrogens (tertiary/aromatic N) is 2. The van der Waals surface area contributed by atoms with Gasteiger partial charge >= 0.3 is 12.0 Å². The summed E-state index contributed by atoms with van der Waals surface area (Å²) in [5.74, 6) is -1.06. The fourth-order valence-corrected chi connectivity index (χ4v) is 1.28. The SMILES string of the molecule is CCN(Cc1ccccn1)C(=O)NCC(=O)O. The Hall–Kier alpha value is -2.11. The molecule has 0 aliphatic rings. The second-order valence-electron chi connectivity index (χ2n) is 3.39. The first-order valence-corrected chi connectivity index (χ1v) is 5.28. The summed E-state index contributed by atoms with van der Waals surface area (Å²) in [6, 6.07) is 5.04. The molecule has 1 aromatic heterocycles. The molecule has 0 bridgehead atoms. The Morgan fingerprint density at radius 1 is 1.47 bits per heavy atom. The van der Waals surface area contributed by atoms with Crippen molar-refractivity contribution in [1.29, 1.82) is 0 Å². The first-order valence-electron chi connectivity index (χ1n) is 5.28. The molecule has 0 unspecified atom stereocenters. The van der Waals surface area contributed by atoms with E-state index < -0.39 is 12.0 Å². The molecule has 0 aromatic carbocycles. The average molecular weight is 237 g/mol. The zero-order valence-corrected chi connectivity index (χ0v) is 9.59. The van der Waals surface area contributed by atoms with Gasteiger partial charge in [0.25, 0.3) is 0 Å². The highest BCUT2D eigenvalue weighted by Gasteiger charge is 2.12. The Bertz CT molecular complexity index is 381. The molecule has 6 nitrogen and oxygen atoms in total. The Morgan fingerprint density at radius 3 is 2.76 bits per heavy atom. The van der Waals surface area contributed by atoms with E-state index in [9.17, 15) is 9.59 Å². The molecule has 0 radical (unpaired) electrons. The lowest BCUT2D eigenvalue weighted by molar-refractivity contribution is -0.135. The molecule has 1 heterocycles. The topological polar surface area (TPSA) is 82.5 Å². The molecule has 17 heavy (non-hydrogen) atoms. The monoisotopic (exact) mass is 237 g/mol. The van der Waals surface area contributed by atoms with E-state index in [0.29, 0.717) is 13.1 Å². The van der Waals surface area contributed by atoms with Crippen molar-refractivity contribution in [1.82, 2.24) is 15.2 Å². The molecule has 0 saturated heterocycles. The summed E-state index contributed by atoms with van der Waals surface area (Å²) in [4.78, 5) is 27.5. The summed E-state index contributed by atoms with van der Waals surface area (Å²) in [5.41, 5.74) is 0.764. The quantitative estimate of drug-likeness (QED) is 0.789. The number of carboxylic acids is 1. The van der Waals surface area contributed by atoms with Crippen molar-refractivity contribution in [2.45, 2.75) is 13.5 Å². The maximum atomic E-state index is 11.6. The maximum Gasteiger partial charge on any atom is 0.323 e. The number of carboxylic acid groups (broad SMARTS) is 1. The van der Waals surface area contributed by atoms with E-state index in [-0.39, 0.29) is 6.54 Å². The van der Waals surface area contributed by atoms with Crippen molar-refractivity contribution in [3.8, 4) is 0 Å². The standard InChI is InChI=1S/C11H15N3O3/c1-2-14(11(17)13-7-10(15)16)8-9-5-3-4-6-12-9/h3-6H,2,7-8H2,1H3,(H,13,17)(H,15,16). The minimum atomic E-state index is -1.06. The summed E-state index contributed by atoms with van der Waals surface area (Å²) in [7, 11) is 0. The van der Waals surface area contributed by atoms with Crippen molar-refractivity contribution >= 4 is 12.0 Å². The van der Waals surface area contributed by atoms with Crippen LogP contribution in [0.15, 0.2) is 24.4 Å². The third-order valence-corrected chi connectivity index (χ3v) is 2.14. The Kier molecular flexibility index (Phi) is 4.93. The second kappa shape index (κ2) is 6.47. The van der Waals surface area contributed by atoms with E-state index in [2.05, 4.69) is 10.3 Å². The van der Waals surface area contributed by atoms with Crippen LogP contribution in [0.1, 0.15) is 12.6 Å². The smallest absolute Gasteiger partial charge is 0.323 e. The number of aliphatic carboxylic acids is 1. The predicted octanol–water partition coefficient (Wildman–Crippen LogP) is 0.698. The lowest BCUT2D eigenvalue weighted by atomic mass is 10.3. The van der Waals surface area contributed by atoms with E-state index in [1.807, 2.05) is 19.1 Å². The van der Waals surface area contributed by atoms with E-state index in [4.69, 9.17) is 5.11 Å². The number of carbonyl (C=O) groups is 2. The number of amides is 2. The van der Waals surface area contributed by atoms with Gasteiger partial charge in [-0.05, 0) is 19.1 Å². The number of rotatable bonds is 5. The fraction of sp³-hybridized carbons (Fsp3) is 0.364. The van der Waals surface area contributed by atoms with E-state index >= 15 is 0 Å². The molecule has 0 aliphatic heterocycles. The minimum Gasteiger partial charge on any atom is -0.480 e. The molecule has 0 aliphatic carbocycles. The molecule has 0 saturated carbocycles. The maximum absolute atomic E-state index is 11.6. The molecule has 1 aromatic rings. The number of hydrogen-bond donors (Lipinski definition) is 2. The average Bonchev–Trinajstić information content (AvgIpc) is 2.34. The molecular formula is C11H15N3O3. The summed E-state index contributed by atoms with van der Waals surface area (Å²) in [6.07, 6.45) is 1.65. The molecule has 6 heteroatoms. The van der Waals surface area contributed by atoms with Gasteiger partial charge in [-0.1, -0.05) is 6.07 Å². The van der Waals surface area contributed by atoms with Crippen LogP contribution in [0.25, 0.3) is 0 Å². The van der Waals surface area contributed by atoms with Gasteiger partial charge in [-0.25, -0.2) is 4.79 Å². The van der Waals surface area contributed by atoms with Gasteiger partial charge in [0.05, 0.1) is 12.2 Å². The van der Waals surface area contributed by atoms with Crippen LogP contribution < -0.4 is 5.32 Å². The van der Waals surface area contributed by atoms with Crippen molar-refractivity contribution in [3.63, 3.8) is 0 Å². The molecule has 92 valence electrons. The van der Waals surface area contributed by atoms with E-state index in [1.54, 1.807) is 12.3 Å². The first-order chi connectivity index (χ1) is 8.13. The van der Waals surface area contributed by atoms with Crippen LogP contribution >= 0.6 is 0 Å².